The highest BCUT2D eigenvalue weighted by Gasteiger charge is 2.39. The van der Waals surface area contributed by atoms with Gasteiger partial charge in [0, 0.05) is 20.8 Å². The van der Waals surface area contributed by atoms with Crippen LogP contribution in [0.2, 0.25) is 0 Å². The van der Waals surface area contributed by atoms with E-state index in [2.05, 4.69) is 0 Å². The van der Waals surface area contributed by atoms with Crippen LogP contribution in [-0.4, -0.2) is 61.0 Å². The molecule has 116 valence electrons. The van der Waals surface area contributed by atoms with Gasteiger partial charge < -0.3 is 19.5 Å². The van der Waals surface area contributed by atoms with Gasteiger partial charge in [-0.25, -0.2) is 0 Å². The van der Waals surface area contributed by atoms with E-state index in [0.29, 0.717) is 13.2 Å². The van der Waals surface area contributed by atoms with Crippen LogP contribution in [0.1, 0.15) is 44.9 Å². The fourth-order valence-electron chi connectivity index (χ4n) is 3.47. The predicted molar refractivity (Wildman–Crippen MR) is 75.4 cm³/mol. The molecule has 0 radical (unpaired) electrons. The smallest absolute Gasteiger partial charge is 0.225 e. The van der Waals surface area contributed by atoms with Gasteiger partial charge in [0.15, 0.2) is 0 Å². The molecule has 0 aromatic carbocycles. The highest BCUT2D eigenvalue weighted by molar-refractivity contribution is 5.78. The third-order valence-electron chi connectivity index (χ3n) is 4.65. The Hall–Kier alpha value is -0.650. The summed E-state index contributed by atoms with van der Waals surface area (Å²) in [6, 6.07) is 0.0737. The van der Waals surface area contributed by atoms with Crippen molar-refractivity contribution in [1.29, 1.82) is 0 Å². The molecule has 0 aromatic heterocycles. The highest BCUT2D eigenvalue weighted by atomic mass is 16.5. The largest absolute Gasteiger partial charge is 0.389 e. The average molecular weight is 285 g/mol. The summed E-state index contributed by atoms with van der Waals surface area (Å²) in [7, 11) is 3.33. The molecule has 5 heteroatoms. The van der Waals surface area contributed by atoms with E-state index in [1.165, 1.54) is 0 Å². The van der Waals surface area contributed by atoms with Gasteiger partial charge in [0.1, 0.15) is 0 Å². The van der Waals surface area contributed by atoms with E-state index in [1.807, 2.05) is 4.90 Å². The van der Waals surface area contributed by atoms with Gasteiger partial charge in [-0.15, -0.1) is 0 Å². The van der Waals surface area contributed by atoms with Crippen LogP contribution in [0.3, 0.4) is 0 Å². The first-order valence-corrected chi connectivity index (χ1v) is 7.61. The Morgan fingerprint density at radius 3 is 2.60 bits per heavy atom. The second-order valence-electron chi connectivity index (χ2n) is 6.21. The number of likely N-dealkylation sites (tertiary alicyclic amines) is 1. The zero-order valence-corrected chi connectivity index (χ0v) is 12.6. The molecule has 2 rings (SSSR count). The topological polar surface area (TPSA) is 59.0 Å². The fourth-order valence-corrected chi connectivity index (χ4v) is 3.47. The molecule has 2 fully saturated rings. The summed E-state index contributed by atoms with van der Waals surface area (Å²) in [5, 5.41) is 10.5. The van der Waals surface area contributed by atoms with Crippen LogP contribution in [0.15, 0.2) is 0 Å². The maximum absolute atomic E-state index is 12.5. The van der Waals surface area contributed by atoms with Gasteiger partial charge in [-0.1, -0.05) is 19.3 Å². The van der Waals surface area contributed by atoms with E-state index >= 15 is 0 Å². The summed E-state index contributed by atoms with van der Waals surface area (Å²) in [5.74, 6) is 0.0380. The summed E-state index contributed by atoms with van der Waals surface area (Å²) in [6.07, 6.45) is 5.83. The predicted octanol–water partition coefficient (Wildman–Crippen LogP) is 1.33. The third-order valence-corrected chi connectivity index (χ3v) is 4.65. The second-order valence-corrected chi connectivity index (χ2v) is 6.21. The van der Waals surface area contributed by atoms with E-state index in [4.69, 9.17) is 9.47 Å². The average Bonchev–Trinajstić information content (AvgIpc) is 2.83. The van der Waals surface area contributed by atoms with Crippen molar-refractivity contribution in [3.8, 4) is 0 Å². The van der Waals surface area contributed by atoms with Crippen molar-refractivity contribution in [1.82, 2.24) is 4.90 Å². The number of hydrogen-bond donors (Lipinski definition) is 1. The number of rotatable bonds is 5. The minimum absolute atomic E-state index is 0.0380. The van der Waals surface area contributed by atoms with Gasteiger partial charge in [0.05, 0.1) is 30.8 Å². The summed E-state index contributed by atoms with van der Waals surface area (Å²) >= 11 is 0. The summed E-state index contributed by atoms with van der Waals surface area (Å²) in [4.78, 5) is 14.4. The monoisotopic (exact) mass is 285 g/mol. The van der Waals surface area contributed by atoms with Crippen molar-refractivity contribution in [2.45, 2.75) is 62.7 Å². The lowest BCUT2D eigenvalue weighted by Gasteiger charge is -2.34. The van der Waals surface area contributed by atoms with Crippen molar-refractivity contribution in [2.75, 3.05) is 27.4 Å². The minimum atomic E-state index is -0.794. The second kappa shape index (κ2) is 6.87. The zero-order valence-electron chi connectivity index (χ0n) is 12.6. The minimum Gasteiger partial charge on any atom is -0.389 e. The van der Waals surface area contributed by atoms with Crippen LogP contribution in [0.25, 0.3) is 0 Å². The Morgan fingerprint density at radius 1 is 1.30 bits per heavy atom. The molecule has 0 aromatic rings. The van der Waals surface area contributed by atoms with Gasteiger partial charge in [0.25, 0.3) is 0 Å². The molecule has 0 spiro atoms. The Bertz CT molecular complexity index is 328. The Morgan fingerprint density at radius 2 is 2.00 bits per heavy atom. The Labute approximate surface area is 121 Å². The molecule has 1 saturated carbocycles. The summed E-state index contributed by atoms with van der Waals surface area (Å²) < 4.78 is 10.6. The number of amides is 1. The van der Waals surface area contributed by atoms with Gasteiger partial charge >= 0.3 is 0 Å². The molecule has 1 amide bonds. The van der Waals surface area contributed by atoms with Crippen molar-refractivity contribution >= 4 is 5.91 Å². The first-order chi connectivity index (χ1) is 9.58. The van der Waals surface area contributed by atoms with E-state index in [9.17, 15) is 9.90 Å². The van der Waals surface area contributed by atoms with Crippen LogP contribution in [0.4, 0.5) is 0 Å². The van der Waals surface area contributed by atoms with Crippen molar-refractivity contribution in [2.24, 2.45) is 0 Å². The van der Waals surface area contributed by atoms with Crippen LogP contribution in [0, 0.1) is 0 Å². The van der Waals surface area contributed by atoms with Crippen molar-refractivity contribution in [3.63, 3.8) is 0 Å². The number of aliphatic hydroxyl groups is 1. The lowest BCUT2D eigenvalue weighted by atomic mass is 9.82. The molecule has 1 aliphatic carbocycles. The van der Waals surface area contributed by atoms with Crippen LogP contribution >= 0.6 is 0 Å². The fraction of sp³-hybridized carbons (Fsp3) is 0.933. The summed E-state index contributed by atoms with van der Waals surface area (Å²) in [6.45, 7) is 1.14. The van der Waals surface area contributed by atoms with Crippen LogP contribution in [0.5, 0.6) is 0 Å². The van der Waals surface area contributed by atoms with Crippen molar-refractivity contribution < 1.29 is 19.4 Å². The molecule has 1 N–H and O–H groups in total. The normalized spacial score (nSPS) is 29.6. The first kappa shape index (κ1) is 15.7. The van der Waals surface area contributed by atoms with E-state index in [0.717, 1.165) is 38.5 Å². The lowest BCUT2D eigenvalue weighted by molar-refractivity contribution is -0.139. The maximum atomic E-state index is 12.5. The molecule has 5 nitrogen and oxygen atoms in total. The van der Waals surface area contributed by atoms with Crippen LogP contribution in [-0.2, 0) is 14.3 Å². The van der Waals surface area contributed by atoms with E-state index in [1.54, 1.807) is 14.2 Å². The molecule has 20 heavy (non-hydrogen) atoms. The number of methoxy groups -OCH3 is 2. The van der Waals surface area contributed by atoms with E-state index in [-0.39, 0.29) is 24.5 Å². The molecule has 2 atom stereocenters. The number of ether oxygens (including phenoxy) is 2. The third kappa shape index (κ3) is 3.71. The molecule has 1 heterocycles. The van der Waals surface area contributed by atoms with Crippen molar-refractivity contribution in [3.05, 3.63) is 0 Å². The van der Waals surface area contributed by atoms with Gasteiger partial charge in [-0.05, 0) is 19.3 Å². The molecular weight excluding hydrogens is 258 g/mol. The quantitative estimate of drug-likeness (QED) is 0.828. The molecular formula is C15H27NO4. The SMILES string of the molecule is COC[C@@H]1C[C@H](OC)CN1C(=O)CC1(O)CCCCC1. The highest BCUT2D eigenvalue weighted by Crippen LogP contribution is 2.32. The number of hydrogen-bond acceptors (Lipinski definition) is 4. The van der Waals surface area contributed by atoms with Gasteiger partial charge in [-0.3, -0.25) is 4.79 Å². The summed E-state index contributed by atoms with van der Waals surface area (Å²) in [5.41, 5.74) is -0.794. The van der Waals surface area contributed by atoms with Crippen LogP contribution < -0.4 is 0 Å². The van der Waals surface area contributed by atoms with Gasteiger partial charge in [0.2, 0.25) is 5.91 Å². The molecule has 1 saturated heterocycles. The van der Waals surface area contributed by atoms with Gasteiger partial charge in [-0.2, -0.15) is 0 Å². The zero-order chi connectivity index (χ0) is 14.6. The standard InChI is InChI=1S/C15H27NO4/c1-19-11-12-8-13(20-2)10-16(12)14(17)9-15(18)6-4-3-5-7-15/h12-13,18H,3-11H2,1-2H3/t12-,13-/m0/s1. The maximum Gasteiger partial charge on any atom is 0.225 e. The first-order valence-electron chi connectivity index (χ1n) is 7.61. The number of carbonyl (C=O) groups is 1. The number of carbonyl (C=O) groups excluding carboxylic acids is 1. The molecule has 2 aliphatic rings. The Kier molecular flexibility index (Phi) is 5.41. The molecule has 1 aliphatic heterocycles. The van der Waals surface area contributed by atoms with E-state index < -0.39 is 5.60 Å². The lowest BCUT2D eigenvalue weighted by Crippen LogP contribution is -2.44. The Balaban J connectivity index is 1.95. The molecule has 0 unspecified atom stereocenters. The molecule has 0 bridgehead atoms. The number of nitrogens with zero attached hydrogens (tertiary/aromatic N) is 1.